The predicted octanol–water partition coefficient (Wildman–Crippen LogP) is 1.87. The first-order valence-corrected chi connectivity index (χ1v) is 6.57. The fraction of sp³-hybridized carbons (Fsp3) is 0.571. The van der Waals surface area contributed by atoms with E-state index in [1.54, 1.807) is 12.1 Å². The number of piperazine rings is 1. The summed E-state index contributed by atoms with van der Waals surface area (Å²) in [5.41, 5.74) is 0.984. The topological polar surface area (TPSA) is 18.5 Å². The van der Waals surface area contributed by atoms with Gasteiger partial charge in [0, 0.05) is 44.5 Å². The van der Waals surface area contributed by atoms with E-state index in [9.17, 15) is 4.39 Å². The van der Waals surface area contributed by atoms with Gasteiger partial charge in [-0.25, -0.2) is 4.39 Å². The Morgan fingerprint density at radius 3 is 2.67 bits per heavy atom. The second kappa shape index (κ2) is 6.16. The number of hydrogen-bond acceptors (Lipinski definition) is 3. The third-order valence-corrected chi connectivity index (χ3v) is 3.54. The highest BCUT2D eigenvalue weighted by Gasteiger charge is 2.20. The van der Waals surface area contributed by atoms with Crippen LogP contribution in [0, 0.1) is 5.82 Å². The molecule has 3 nitrogen and oxygen atoms in total. The first kappa shape index (κ1) is 13.3. The Bertz CT molecular complexity index is 366. The van der Waals surface area contributed by atoms with Crippen molar-refractivity contribution in [3.8, 4) is 0 Å². The Balaban J connectivity index is 1.73. The van der Waals surface area contributed by atoms with Crippen molar-refractivity contribution in [3.05, 3.63) is 30.1 Å². The number of likely N-dealkylation sites (N-methyl/N-ethyl adjacent to an activating group) is 1. The van der Waals surface area contributed by atoms with Crippen LogP contribution in [0.2, 0.25) is 0 Å². The first-order valence-electron chi connectivity index (χ1n) is 6.57. The van der Waals surface area contributed by atoms with Crippen molar-refractivity contribution < 1.29 is 4.39 Å². The molecule has 0 spiro atoms. The molecule has 1 fully saturated rings. The van der Waals surface area contributed by atoms with Crippen LogP contribution in [0.4, 0.5) is 10.1 Å². The number of nitrogens with one attached hydrogen (secondary N) is 1. The molecule has 1 atom stereocenters. The van der Waals surface area contributed by atoms with E-state index in [-0.39, 0.29) is 5.82 Å². The van der Waals surface area contributed by atoms with Gasteiger partial charge in [0.25, 0.3) is 0 Å². The zero-order chi connectivity index (χ0) is 13.0. The molecule has 100 valence electrons. The maximum atomic E-state index is 12.7. The number of anilines is 1. The molecule has 4 heteroatoms. The van der Waals surface area contributed by atoms with Gasteiger partial charge in [-0.3, -0.25) is 4.90 Å². The zero-order valence-corrected chi connectivity index (χ0v) is 11.2. The van der Waals surface area contributed by atoms with Crippen LogP contribution in [0.3, 0.4) is 0 Å². The van der Waals surface area contributed by atoms with Crippen LogP contribution in [0.15, 0.2) is 24.3 Å². The van der Waals surface area contributed by atoms with Gasteiger partial charge in [0.15, 0.2) is 0 Å². The summed E-state index contributed by atoms with van der Waals surface area (Å²) >= 11 is 0. The summed E-state index contributed by atoms with van der Waals surface area (Å²) < 4.78 is 12.7. The third kappa shape index (κ3) is 3.68. The van der Waals surface area contributed by atoms with Gasteiger partial charge in [-0.15, -0.1) is 0 Å². The standard InChI is InChI=1S/C14H22FN3/c1-12-11-17(2)9-10-18(12)8-7-16-14-5-3-13(15)4-6-14/h3-6,12,16H,7-11H2,1-2H3. The molecule has 18 heavy (non-hydrogen) atoms. The largest absolute Gasteiger partial charge is 0.384 e. The van der Waals surface area contributed by atoms with Crippen LogP contribution in [0.1, 0.15) is 6.92 Å². The van der Waals surface area contributed by atoms with Gasteiger partial charge in [0.05, 0.1) is 0 Å². The van der Waals surface area contributed by atoms with Crippen LogP contribution in [0.25, 0.3) is 0 Å². The summed E-state index contributed by atoms with van der Waals surface area (Å²) in [5.74, 6) is -0.187. The van der Waals surface area contributed by atoms with Crippen molar-refractivity contribution in [2.45, 2.75) is 13.0 Å². The summed E-state index contributed by atoms with van der Waals surface area (Å²) in [5, 5.41) is 3.33. The van der Waals surface area contributed by atoms with E-state index in [2.05, 4.69) is 29.1 Å². The van der Waals surface area contributed by atoms with E-state index in [1.807, 2.05) is 0 Å². The molecule has 1 aliphatic heterocycles. The van der Waals surface area contributed by atoms with Gasteiger partial charge < -0.3 is 10.2 Å². The Hall–Kier alpha value is -1.13. The van der Waals surface area contributed by atoms with Crippen LogP contribution < -0.4 is 5.32 Å². The Labute approximate surface area is 109 Å². The van der Waals surface area contributed by atoms with Crippen LogP contribution in [-0.2, 0) is 0 Å². The predicted molar refractivity (Wildman–Crippen MR) is 73.4 cm³/mol. The molecule has 1 N–H and O–H groups in total. The second-order valence-corrected chi connectivity index (χ2v) is 5.08. The quantitative estimate of drug-likeness (QED) is 0.881. The molecule has 0 aromatic heterocycles. The van der Waals surface area contributed by atoms with Gasteiger partial charge in [0.1, 0.15) is 5.82 Å². The van der Waals surface area contributed by atoms with Crippen molar-refractivity contribution in [1.82, 2.24) is 9.80 Å². The van der Waals surface area contributed by atoms with E-state index >= 15 is 0 Å². The SMILES string of the molecule is CC1CN(C)CCN1CCNc1ccc(F)cc1. The number of halogens is 1. The molecular formula is C14H22FN3. The lowest BCUT2D eigenvalue weighted by Gasteiger charge is -2.38. The molecule has 0 aliphatic carbocycles. The van der Waals surface area contributed by atoms with E-state index in [0.717, 1.165) is 38.4 Å². The summed E-state index contributed by atoms with van der Waals surface area (Å²) in [6.07, 6.45) is 0. The lowest BCUT2D eigenvalue weighted by molar-refractivity contribution is 0.104. The lowest BCUT2D eigenvalue weighted by atomic mass is 10.2. The van der Waals surface area contributed by atoms with Crippen molar-refractivity contribution in [3.63, 3.8) is 0 Å². The smallest absolute Gasteiger partial charge is 0.123 e. The van der Waals surface area contributed by atoms with Gasteiger partial charge >= 0.3 is 0 Å². The monoisotopic (exact) mass is 251 g/mol. The Morgan fingerprint density at radius 1 is 1.28 bits per heavy atom. The lowest BCUT2D eigenvalue weighted by Crippen LogP contribution is -2.51. The normalized spacial score (nSPS) is 22.1. The number of nitrogens with zero attached hydrogens (tertiary/aromatic N) is 2. The minimum atomic E-state index is -0.187. The molecule has 0 radical (unpaired) electrons. The van der Waals surface area contributed by atoms with Crippen molar-refractivity contribution in [1.29, 1.82) is 0 Å². The summed E-state index contributed by atoms with van der Waals surface area (Å²) in [6, 6.07) is 7.14. The maximum Gasteiger partial charge on any atom is 0.123 e. The molecule has 1 unspecified atom stereocenters. The molecule has 1 aliphatic rings. The molecule has 0 amide bonds. The van der Waals surface area contributed by atoms with Crippen LogP contribution in [0.5, 0.6) is 0 Å². The zero-order valence-electron chi connectivity index (χ0n) is 11.2. The fourth-order valence-electron chi connectivity index (χ4n) is 2.42. The first-order chi connectivity index (χ1) is 8.65. The highest BCUT2D eigenvalue weighted by atomic mass is 19.1. The van der Waals surface area contributed by atoms with Gasteiger partial charge in [-0.05, 0) is 38.2 Å². The number of benzene rings is 1. The number of rotatable bonds is 4. The van der Waals surface area contributed by atoms with E-state index in [1.165, 1.54) is 12.1 Å². The van der Waals surface area contributed by atoms with E-state index in [4.69, 9.17) is 0 Å². The molecule has 1 aromatic rings. The fourth-order valence-corrected chi connectivity index (χ4v) is 2.42. The van der Waals surface area contributed by atoms with Crippen molar-refractivity contribution >= 4 is 5.69 Å². The Morgan fingerprint density at radius 2 is 2.00 bits per heavy atom. The van der Waals surface area contributed by atoms with Gasteiger partial charge in [0.2, 0.25) is 0 Å². The van der Waals surface area contributed by atoms with E-state index < -0.39 is 0 Å². The minimum Gasteiger partial charge on any atom is -0.384 e. The van der Waals surface area contributed by atoms with Crippen LogP contribution >= 0.6 is 0 Å². The highest BCUT2D eigenvalue weighted by Crippen LogP contribution is 2.09. The Kier molecular flexibility index (Phi) is 4.55. The molecular weight excluding hydrogens is 229 g/mol. The average molecular weight is 251 g/mol. The molecule has 0 bridgehead atoms. The molecule has 1 aromatic carbocycles. The third-order valence-electron chi connectivity index (χ3n) is 3.54. The van der Waals surface area contributed by atoms with E-state index in [0.29, 0.717) is 6.04 Å². The molecule has 1 heterocycles. The summed E-state index contributed by atoms with van der Waals surface area (Å²) in [4.78, 5) is 4.87. The van der Waals surface area contributed by atoms with Gasteiger partial charge in [-0.1, -0.05) is 0 Å². The summed E-state index contributed by atoms with van der Waals surface area (Å²) in [6.45, 7) is 7.61. The molecule has 2 rings (SSSR count). The van der Waals surface area contributed by atoms with Crippen LogP contribution in [-0.4, -0.2) is 55.6 Å². The van der Waals surface area contributed by atoms with Gasteiger partial charge in [-0.2, -0.15) is 0 Å². The second-order valence-electron chi connectivity index (χ2n) is 5.08. The molecule has 1 saturated heterocycles. The summed E-state index contributed by atoms with van der Waals surface area (Å²) in [7, 11) is 2.17. The molecule has 0 saturated carbocycles. The van der Waals surface area contributed by atoms with Crippen molar-refractivity contribution in [2.24, 2.45) is 0 Å². The van der Waals surface area contributed by atoms with Crippen molar-refractivity contribution in [2.75, 3.05) is 45.1 Å². The number of hydrogen-bond donors (Lipinski definition) is 1. The highest BCUT2D eigenvalue weighted by molar-refractivity contribution is 5.42. The average Bonchev–Trinajstić information content (AvgIpc) is 2.34. The maximum absolute atomic E-state index is 12.7. The minimum absolute atomic E-state index is 0.187.